The lowest BCUT2D eigenvalue weighted by Crippen LogP contribution is -2.00. The van der Waals surface area contributed by atoms with Gasteiger partial charge in [-0.15, -0.1) is 0 Å². The molecular formula is C15H15NO2. The summed E-state index contributed by atoms with van der Waals surface area (Å²) in [4.78, 5) is 0. The Balaban J connectivity index is 2.05. The molecule has 0 bridgehead atoms. The second-order valence-corrected chi connectivity index (χ2v) is 3.90. The highest BCUT2D eigenvalue weighted by atomic mass is 16.5. The molecule has 0 aliphatic carbocycles. The smallest absolute Gasteiger partial charge is 0.216 e. The van der Waals surface area contributed by atoms with Gasteiger partial charge in [0.25, 0.3) is 0 Å². The second-order valence-electron chi connectivity index (χ2n) is 3.90. The molecule has 0 fully saturated rings. The average molecular weight is 241 g/mol. The fourth-order valence-corrected chi connectivity index (χ4v) is 1.63. The number of nitrogens with zero attached hydrogens (tertiary/aromatic N) is 1. The van der Waals surface area contributed by atoms with Gasteiger partial charge in [0.15, 0.2) is 6.21 Å². The summed E-state index contributed by atoms with van der Waals surface area (Å²) in [6.45, 7) is 0. The fraction of sp³-hybridized carbons (Fsp3) is 0.133. The van der Waals surface area contributed by atoms with Crippen molar-refractivity contribution in [3.8, 4) is 5.75 Å². The molecule has 92 valence electrons. The van der Waals surface area contributed by atoms with Gasteiger partial charge >= 0.3 is 0 Å². The number of benzene rings is 2. The molecule has 2 rings (SSSR count). The highest BCUT2D eigenvalue weighted by molar-refractivity contribution is 5.58. The van der Waals surface area contributed by atoms with Gasteiger partial charge < -0.3 is 9.94 Å². The van der Waals surface area contributed by atoms with E-state index in [2.05, 4.69) is 0 Å². The first kappa shape index (κ1) is 12.2. The first-order chi connectivity index (χ1) is 8.79. The third-order valence-electron chi connectivity index (χ3n) is 2.66. The van der Waals surface area contributed by atoms with Crippen LogP contribution >= 0.6 is 0 Å². The van der Waals surface area contributed by atoms with Crippen LogP contribution in [0.2, 0.25) is 0 Å². The van der Waals surface area contributed by atoms with Gasteiger partial charge in [-0.1, -0.05) is 30.3 Å². The number of rotatable bonds is 4. The number of ether oxygens (including phenoxy) is 1. The summed E-state index contributed by atoms with van der Waals surface area (Å²) in [5, 5.41) is 11.8. The van der Waals surface area contributed by atoms with Crippen molar-refractivity contribution in [3.05, 3.63) is 65.4 Å². The highest BCUT2D eigenvalue weighted by Gasteiger charge is 1.99. The van der Waals surface area contributed by atoms with Crippen molar-refractivity contribution in [2.24, 2.45) is 0 Å². The Morgan fingerprint density at radius 2 is 1.72 bits per heavy atom. The van der Waals surface area contributed by atoms with Crippen LogP contribution in [-0.4, -0.2) is 18.1 Å². The van der Waals surface area contributed by atoms with Gasteiger partial charge in [0.1, 0.15) is 5.75 Å². The summed E-state index contributed by atoms with van der Waals surface area (Å²) >= 11 is 0. The molecular weight excluding hydrogens is 226 g/mol. The highest BCUT2D eigenvalue weighted by Crippen LogP contribution is 2.12. The summed E-state index contributed by atoms with van der Waals surface area (Å²) in [5.41, 5.74) is 1.72. The number of methoxy groups -OCH3 is 1. The predicted molar refractivity (Wildman–Crippen MR) is 72.5 cm³/mol. The lowest BCUT2D eigenvalue weighted by Gasteiger charge is -2.03. The predicted octanol–water partition coefficient (Wildman–Crippen LogP) is 3.15. The molecule has 0 aromatic heterocycles. The number of hydrogen-bond acceptors (Lipinski definition) is 2. The maximum Gasteiger partial charge on any atom is 0.216 e. The molecule has 0 radical (unpaired) electrons. The van der Waals surface area contributed by atoms with Crippen LogP contribution in [0.3, 0.4) is 0 Å². The van der Waals surface area contributed by atoms with E-state index in [-0.39, 0.29) is 0 Å². The molecule has 0 amide bonds. The maximum atomic E-state index is 11.8. The van der Waals surface area contributed by atoms with Crippen LogP contribution in [0.15, 0.2) is 54.6 Å². The Kier molecular flexibility index (Phi) is 3.97. The van der Waals surface area contributed by atoms with Gasteiger partial charge in [-0.05, 0) is 17.7 Å². The van der Waals surface area contributed by atoms with E-state index in [0.29, 0.717) is 12.1 Å². The topological polar surface area (TPSA) is 35.3 Å². The van der Waals surface area contributed by atoms with E-state index in [4.69, 9.17) is 4.74 Å². The van der Waals surface area contributed by atoms with Crippen molar-refractivity contribution < 1.29 is 9.48 Å². The Morgan fingerprint density at radius 1 is 1.06 bits per heavy atom. The number of para-hydroxylation sites is 1. The van der Waals surface area contributed by atoms with E-state index in [0.717, 1.165) is 16.1 Å². The van der Waals surface area contributed by atoms with E-state index < -0.39 is 0 Å². The SMILES string of the molecule is COc1ccc(C/C=[N+](/[O-])c2ccccc2)cc1. The average Bonchev–Trinajstić information content (AvgIpc) is 2.46. The third-order valence-corrected chi connectivity index (χ3v) is 2.66. The molecule has 0 aliphatic rings. The molecule has 2 aromatic carbocycles. The van der Waals surface area contributed by atoms with E-state index in [1.165, 1.54) is 0 Å². The van der Waals surface area contributed by atoms with E-state index in [9.17, 15) is 5.21 Å². The molecule has 3 heteroatoms. The third kappa shape index (κ3) is 3.10. The van der Waals surface area contributed by atoms with Crippen LogP contribution in [0, 0.1) is 5.21 Å². The van der Waals surface area contributed by atoms with Crippen LogP contribution in [0.5, 0.6) is 5.75 Å². The van der Waals surface area contributed by atoms with Gasteiger partial charge in [-0.25, -0.2) is 0 Å². The van der Waals surface area contributed by atoms with Crippen molar-refractivity contribution in [2.45, 2.75) is 6.42 Å². The fourth-order valence-electron chi connectivity index (χ4n) is 1.63. The summed E-state index contributed by atoms with van der Waals surface area (Å²) in [6, 6.07) is 16.8. The van der Waals surface area contributed by atoms with Gasteiger partial charge in [-0.3, -0.25) is 0 Å². The van der Waals surface area contributed by atoms with Crippen molar-refractivity contribution in [1.82, 2.24) is 0 Å². The molecule has 0 unspecified atom stereocenters. The van der Waals surface area contributed by atoms with Gasteiger partial charge in [0, 0.05) is 12.1 Å². The largest absolute Gasteiger partial charge is 0.619 e. The summed E-state index contributed by atoms with van der Waals surface area (Å²) < 4.78 is 5.97. The first-order valence-corrected chi connectivity index (χ1v) is 5.77. The monoisotopic (exact) mass is 241 g/mol. The molecule has 18 heavy (non-hydrogen) atoms. The first-order valence-electron chi connectivity index (χ1n) is 5.77. The Hall–Kier alpha value is -2.29. The van der Waals surface area contributed by atoms with E-state index >= 15 is 0 Å². The Morgan fingerprint density at radius 3 is 2.33 bits per heavy atom. The van der Waals surface area contributed by atoms with Crippen molar-refractivity contribution in [3.63, 3.8) is 0 Å². The minimum atomic E-state index is 0.600. The minimum Gasteiger partial charge on any atom is -0.619 e. The van der Waals surface area contributed by atoms with Crippen molar-refractivity contribution in [1.29, 1.82) is 0 Å². The van der Waals surface area contributed by atoms with Gasteiger partial charge in [0.2, 0.25) is 5.69 Å². The van der Waals surface area contributed by atoms with E-state index in [1.807, 2.05) is 42.5 Å². The molecule has 0 aliphatic heterocycles. The molecule has 0 heterocycles. The molecule has 0 saturated heterocycles. The molecule has 0 saturated carbocycles. The Labute approximate surface area is 107 Å². The zero-order valence-corrected chi connectivity index (χ0v) is 10.2. The molecule has 2 aromatic rings. The van der Waals surface area contributed by atoms with Crippen LogP contribution in [-0.2, 0) is 6.42 Å². The van der Waals surface area contributed by atoms with Gasteiger partial charge in [0.05, 0.1) is 13.5 Å². The maximum absolute atomic E-state index is 11.8. The van der Waals surface area contributed by atoms with Gasteiger partial charge in [-0.2, -0.15) is 4.74 Å². The minimum absolute atomic E-state index is 0.600. The van der Waals surface area contributed by atoms with Crippen LogP contribution in [0.4, 0.5) is 5.69 Å². The summed E-state index contributed by atoms with van der Waals surface area (Å²) in [7, 11) is 1.63. The second kappa shape index (κ2) is 5.87. The van der Waals surface area contributed by atoms with Crippen LogP contribution < -0.4 is 4.74 Å². The zero-order valence-electron chi connectivity index (χ0n) is 10.2. The molecule has 0 spiro atoms. The standard InChI is InChI=1S/C15H15NO2/c1-18-15-9-7-13(8-10-15)11-12-16(17)14-5-3-2-4-6-14/h2-10,12H,11H2,1H3/b16-12+. The Bertz CT molecular complexity index is 518. The van der Waals surface area contributed by atoms with Crippen LogP contribution in [0.1, 0.15) is 5.56 Å². The van der Waals surface area contributed by atoms with Crippen molar-refractivity contribution in [2.75, 3.05) is 7.11 Å². The molecule has 0 atom stereocenters. The lowest BCUT2D eigenvalue weighted by atomic mass is 10.1. The van der Waals surface area contributed by atoms with Crippen molar-refractivity contribution >= 4 is 11.9 Å². The van der Waals surface area contributed by atoms with Crippen LogP contribution in [0.25, 0.3) is 0 Å². The lowest BCUT2D eigenvalue weighted by molar-refractivity contribution is -0.356. The molecule has 3 nitrogen and oxygen atoms in total. The number of hydrogen-bond donors (Lipinski definition) is 0. The molecule has 0 N–H and O–H groups in total. The zero-order chi connectivity index (χ0) is 12.8. The quantitative estimate of drug-likeness (QED) is 0.357. The van der Waals surface area contributed by atoms with E-state index in [1.54, 1.807) is 25.5 Å². The normalized spacial score (nSPS) is 11.3. The summed E-state index contributed by atoms with van der Waals surface area (Å²) in [5.74, 6) is 0.820. The summed E-state index contributed by atoms with van der Waals surface area (Å²) in [6.07, 6.45) is 2.22.